The summed E-state index contributed by atoms with van der Waals surface area (Å²) in [7, 11) is -3.63. The van der Waals surface area contributed by atoms with Crippen molar-refractivity contribution in [2.75, 3.05) is 10.0 Å². The number of nitrogens with zero attached hydrogens (tertiary/aromatic N) is 1. The molecule has 6 heteroatoms. The second kappa shape index (κ2) is 6.94. The summed E-state index contributed by atoms with van der Waals surface area (Å²) < 4.78 is 27.1. The second-order valence-corrected chi connectivity index (χ2v) is 7.48. The fraction of sp³-hybridized carbons (Fsp3) is 0.105. The van der Waals surface area contributed by atoms with Crippen LogP contribution in [0.15, 0.2) is 71.8 Å². The van der Waals surface area contributed by atoms with Gasteiger partial charge in [-0.1, -0.05) is 30.3 Å². The molecule has 2 N–H and O–H groups in total. The van der Waals surface area contributed by atoms with E-state index < -0.39 is 10.0 Å². The van der Waals surface area contributed by atoms with Gasteiger partial charge in [0.15, 0.2) is 0 Å². The van der Waals surface area contributed by atoms with Crippen molar-refractivity contribution in [3.63, 3.8) is 0 Å². The minimum Gasteiger partial charge on any atom is -0.354 e. The second-order valence-electron chi connectivity index (χ2n) is 5.79. The summed E-state index contributed by atoms with van der Waals surface area (Å²) in [5, 5.41) is 3.30. The van der Waals surface area contributed by atoms with Gasteiger partial charge in [0.1, 0.15) is 5.82 Å². The maximum absolute atomic E-state index is 12.3. The lowest BCUT2D eigenvalue weighted by Gasteiger charge is -2.11. The van der Waals surface area contributed by atoms with Crippen LogP contribution in [0.5, 0.6) is 0 Å². The third kappa shape index (κ3) is 4.16. The Bertz CT molecular complexity index is 969. The highest BCUT2D eigenvalue weighted by atomic mass is 32.2. The molecule has 0 aliphatic heterocycles. The Balaban J connectivity index is 1.75. The number of anilines is 3. The quantitative estimate of drug-likeness (QED) is 0.719. The Morgan fingerprint density at radius 3 is 2.36 bits per heavy atom. The van der Waals surface area contributed by atoms with Crippen LogP contribution in [0, 0.1) is 13.8 Å². The number of benzene rings is 2. The number of rotatable bonds is 5. The summed E-state index contributed by atoms with van der Waals surface area (Å²) in [5.41, 5.74) is 4.07. The molecule has 0 aliphatic rings. The van der Waals surface area contributed by atoms with Crippen molar-refractivity contribution in [1.29, 1.82) is 0 Å². The Kier molecular flexibility index (Phi) is 4.72. The molecular formula is C19H19N3O2S. The van der Waals surface area contributed by atoms with E-state index in [1.165, 1.54) is 0 Å². The topological polar surface area (TPSA) is 71.1 Å². The maximum atomic E-state index is 12.3. The van der Waals surface area contributed by atoms with Crippen LogP contribution in [0.25, 0.3) is 0 Å². The fourth-order valence-corrected chi connectivity index (χ4v) is 3.38. The van der Waals surface area contributed by atoms with E-state index in [4.69, 9.17) is 0 Å². The summed E-state index contributed by atoms with van der Waals surface area (Å²) in [5.74, 6) is 0.273. The van der Waals surface area contributed by atoms with Crippen LogP contribution >= 0.6 is 0 Å². The zero-order chi connectivity index (χ0) is 17.9. The predicted octanol–water partition coefficient (Wildman–Crippen LogP) is 4.24. The fourth-order valence-electron chi connectivity index (χ4n) is 2.35. The third-order valence-electron chi connectivity index (χ3n) is 3.73. The van der Waals surface area contributed by atoms with Crippen LogP contribution in [-0.4, -0.2) is 13.4 Å². The van der Waals surface area contributed by atoms with E-state index in [0.29, 0.717) is 0 Å². The number of aryl methyl sites for hydroxylation is 2. The van der Waals surface area contributed by atoms with Crippen molar-refractivity contribution in [2.24, 2.45) is 0 Å². The van der Waals surface area contributed by atoms with Crippen molar-refractivity contribution < 1.29 is 8.42 Å². The van der Waals surface area contributed by atoms with Crippen molar-refractivity contribution in [3.05, 3.63) is 78.0 Å². The number of sulfonamides is 1. The van der Waals surface area contributed by atoms with Gasteiger partial charge in [0.2, 0.25) is 0 Å². The molecule has 128 valence electrons. The molecule has 0 spiro atoms. The first-order valence-corrected chi connectivity index (χ1v) is 9.30. The number of hydrogen-bond donors (Lipinski definition) is 2. The van der Waals surface area contributed by atoms with Gasteiger partial charge in [-0.3, -0.25) is 4.72 Å². The van der Waals surface area contributed by atoms with Gasteiger partial charge < -0.3 is 5.32 Å². The Hall–Kier alpha value is -2.86. The molecule has 0 atom stereocenters. The molecular weight excluding hydrogens is 334 g/mol. The Morgan fingerprint density at radius 1 is 0.920 bits per heavy atom. The minimum atomic E-state index is -3.63. The molecule has 0 fully saturated rings. The van der Waals surface area contributed by atoms with Crippen LogP contribution < -0.4 is 10.0 Å². The molecule has 0 amide bonds. The Labute approximate surface area is 147 Å². The molecule has 25 heavy (non-hydrogen) atoms. The predicted molar refractivity (Wildman–Crippen MR) is 101 cm³/mol. The van der Waals surface area contributed by atoms with Crippen LogP contribution in [0.3, 0.4) is 0 Å². The molecule has 2 aromatic carbocycles. The van der Waals surface area contributed by atoms with Gasteiger partial charge in [0.25, 0.3) is 10.0 Å². The first-order chi connectivity index (χ1) is 11.9. The van der Waals surface area contributed by atoms with Crippen molar-refractivity contribution in [3.8, 4) is 0 Å². The summed E-state index contributed by atoms with van der Waals surface area (Å²) in [6.45, 7) is 4.06. The van der Waals surface area contributed by atoms with Gasteiger partial charge >= 0.3 is 0 Å². The zero-order valence-corrected chi connectivity index (χ0v) is 14.8. The molecule has 0 saturated carbocycles. The van der Waals surface area contributed by atoms with E-state index in [-0.39, 0.29) is 10.7 Å². The Morgan fingerprint density at radius 2 is 1.68 bits per heavy atom. The number of aromatic nitrogens is 1. The van der Waals surface area contributed by atoms with E-state index in [9.17, 15) is 8.42 Å². The third-order valence-corrected chi connectivity index (χ3v) is 5.10. The lowest BCUT2D eigenvalue weighted by Crippen LogP contribution is -2.13. The summed E-state index contributed by atoms with van der Waals surface area (Å²) in [6.07, 6.45) is 1.60. The van der Waals surface area contributed by atoms with Crippen molar-refractivity contribution >= 4 is 27.2 Å². The first kappa shape index (κ1) is 17.0. The molecule has 1 aromatic heterocycles. The van der Waals surface area contributed by atoms with Crippen LogP contribution in [0.1, 0.15) is 11.1 Å². The van der Waals surface area contributed by atoms with Gasteiger partial charge in [-0.2, -0.15) is 0 Å². The SMILES string of the molecule is Cc1ccc(C)c(Nc2ccc(NS(=O)(=O)c3ccccc3)nc2)c1. The molecule has 0 aliphatic carbocycles. The average Bonchev–Trinajstić information content (AvgIpc) is 2.60. The molecule has 0 bridgehead atoms. The van der Waals surface area contributed by atoms with Crippen LogP contribution in [0.4, 0.5) is 17.2 Å². The highest BCUT2D eigenvalue weighted by Gasteiger charge is 2.13. The minimum absolute atomic E-state index is 0.203. The van der Waals surface area contributed by atoms with Gasteiger partial charge in [0.05, 0.1) is 16.8 Å². The first-order valence-electron chi connectivity index (χ1n) is 7.82. The lowest BCUT2D eigenvalue weighted by molar-refractivity contribution is 0.601. The summed E-state index contributed by atoms with van der Waals surface area (Å²) in [6, 6.07) is 17.8. The average molecular weight is 353 g/mol. The maximum Gasteiger partial charge on any atom is 0.263 e. The molecule has 0 radical (unpaired) electrons. The smallest absolute Gasteiger partial charge is 0.263 e. The molecule has 3 aromatic rings. The van der Waals surface area contributed by atoms with Crippen LogP contribution in [-0.2, 0) is 10.0 Å². The highest BCUT2D eigenvalue weighted by Crippen LogP contribution is 2.22. The van der Waals surface area contributed by atoms with Crippen LogP contribution in [0.2, 0.25) is 0 Å². The monoisotopic (exact) mass is 353 g/mol. The van der Waals surface area contributed by atoms with Gasteiger partial charge in [0, 0.05) is 5.69 Å². The van der Waals surface area contributed by atoms with Gasteiger partial charge in [-0.05, 0) is 55.3 Å². The number of nitrogens with one attached hydrogen (secondary N) is 2. The molecule has 3 rings (SSSR count). The van der Waals surface area contributed by atoms with E-state index in [1.54, 1.807) is 48.7 Å². The zero-order valence-electron chi connectivity index (χ0n) is 14.0. The highest BCUT2D eigenvalue weighted by molar-refractivity contribution is 7.92. The number of pyridine rings is 1. The summed E-state index contributed by atoms with van der Waals surface area (Å²) >= 11 is 0. The number of hydrogen-bond acceptors (Lipinski definition) is 4. The van der Waals surface area contributed by atoms with E-state index in [0.717, 1.165) is 22.5 Å². The van der Waals surface area contributed by atoms with Crippen molar-refractivity contribution in [2.45, 2.75) is 18.7 Å². The standard InChI is InChI=1S/C19H19N3O2S/c1-14-8-9-15(2)18(12-14)21-16-10-11-19(20-13-16)22-25(23,24)17-6-4-3-5-7-17/h3-13,21H,1-2H3,(H,20,22). The summed E-state index contributed by atoms with van der Waals surface area (Å²) in [4.78, 5) is 4.39. The molecule has 0 unspecified atom stereocenters. The van der Waals surface area contributed by atoms with Crippen molar-refractivity contribution in [1.82, 2.24) is 4.98 Å². The molecule has 0 saturated heterocycles. The van der Waals surface area contributed by atoms with Gasteiger partial charge in [-0.25, -0.2) is 13.4 Å². The largest absolute Gasteiger partial charge is 0.354 e. The molecule has 5 nitrogen and oxygen atoms in total. The van der Waals surface area contributed by atoms with E-state index in [1.807, 2.05) is 19.9 Å². The lowest BCUT2D eigenvalue weighted by atomic mass is 10.1. The van der Waals surface area contributed by atoms with E-state index >= 15 is 0 Å². The van der Waals surface area contributed by atoms with Gasteiger partial charge in [-0.15, -0.1) is 0 Å². The van der Waals surface area contributed by atoms with E-state index in [2.05, 4.69) is 27.2 Å². The molecule has 1 heterocycles. The normalized spacial score (nSPS) is 11.1.